The van der Waals surface area contributed by atoms with Crippen LogP contribution in [0.15, 0.2) is 12.1 Å². The summed E-state index contributed by atoms with van der Waals surface area (Å²) in [5, 5.41) is 3.08. The average Bonchev–Trinajstić information content (AvgIpc) is 2.49. The van der Waals surface area contributed by atoms with E-state index in [0.29, 0.717) is 0 Å². The van der Waals surface area contributed by atoms with E-state index >= 15 is 0 Å². The molecular weight excluding hydrogens is 277 g/mol. The van der Waals surface area contributed by atoms with Gasteiger partial charge in [-0.2, -0.15) is 0 Å². The van der Waals surface area contributed by atoms with E-state index in [1.807, 2.05) is 27.7 Å². The Labute approximate surface area is 125 Å². The van der Waals surface area contributed by atoms with Crippen LogP contribution in [0.3, 0.4) is 0 Å². The maximum absolute atomic E-state index is 14.2. The van der Waals surface area contributed by atoms with Gasteiger partial charge in [0.2, 0.25) is 0 Å². The van der Waals surface area contributed by atoms with E-state index in [4.69, 9.17) is 0 Å². The molecule has 0 saturated carbocycles. The van der Waals surface area contributed by atoms with Gasteiger partial charge in [-0.25, -0.2) is 13.2 Å². The normalized spacial score (nSPS) is 16.0. The van der Waals surface area contributed by atoms with Crippen LogP contribution in [0.2, 0.25) is 0 Å². The molecule has 0 spiro atoms. The van der Waals surface area contributed by atoms with Crippen molar-refractivity contribution in [1.29, 1.82) is 0 Å². The monoisotopic (exact) mass is 302 g/mol. The molecule has 0 aromatic heterocycles. The zero-order valence-electron chi connectivity index (χ0n) is 13.4. The zero-order chi connectivity index (χ0) is 16.2. The van der Waals surface area contributed by atoms with Gasteiger partial charge in [0.25, 0.3) is 0 Å². The molecule has 0 aliphatic rings. The van der Waals surface area contributed by atoms with Gasteiger partial charge in [0.15, 0.2) is 17.5 Å². The number of halogens is 3. The Morgan fingerprint density at radius 3 is 2.10 bits per heavy atom. The highest BCUT2D eigenvalue weighted by atomic mass is 19.2. The summed E-state index contributed by atoms with van der Waals surface area (Å²) in [6.45, 7) is 9.69. The molecule has 2 unspecified atom stereocenters. The lowest BCUT2D eigenvalue weighted by Crippen LogP contribution is -2.54. The second-order valence-corrected chi connectivity index (χ2v) is 5.37. The third-order valence-corrected chi connectivity index (χ3v) is 4.49. The first-order chi connectivity index (χ1) is 9.87. The maximum Gasteiger partial charge on any atom is 0.194 e. The van der Waals surface area contributed by atoms with Crippen LogP contribution in [0.5, 0.6) is 0 Å². The SMILES string of the molecule is CCN(CC)C(C)(CC)C(NC)c1ccc(F)c(F)c1F. The molecule has 0 aliphatic heterocycles. The third kappa shape index (κ3) is 3.24. The van der Waals surface area contributed by atoms with E-state index in [1.165, 1.54) is 6.07 Å². The number of hydrogen-bond acceptors (Lipinski definition) is 2. The van der Waals surface area contributed by atoms with E-state index in [-0.39, 0.29) is 5.56 Å². The quantitative estimate of drug-likeness (QED) is 0.769. The van der Waals surface area contributed by atoms with Crippen LogP contribution in [-0.2, 0) is 0 Å². The summed E-state index contributed by atoms with van der Waals surface area (Å²) in [5.74, 6) is -3.68. The molecule has 2 atom stereocenters. The Balaban J connectivity index is 3.38. The predicted octanol–water partition coefficient (Wildman–Crippen LogP) is 3.87. The fourth-order valence-corrected chi connectivity index (χ4v) is 3.12. The summed E-state index contributed by atoms with van der Waals surface area (Å²) < 4.78 is 40.9. The second kappa shape index (κ2) is 7.27. The van der Waals surface area contributed by atoms with Crippen molar-refractivity contribution in [2.75, 3.05) is 20.1 Å². The van der Waals surface area contributed by atoms with Crippen LogP contribution in [0.4, 0.5) is 13.2 Å². The molecule has 2 nitrogen and oxygen atoms in total. The van der Waals surface area contributed by atoms with Gasteiger partial charge in [-0.3, -0.25) is 4.90 Å². The molecule has 0 amide bonds. The molecule has 120 valence electrons. The summed E-state index contributed by atoms with van der Waals surface area (Å²) in [7, 11) is 1.71. The molecule has 1 rings (SSSR count). The average molecular weight is 302 g/mol. The van der Waals surface area contributed by atoms with Gasteiger partial charge in [-0.15, -0.1) is 0 Å². The molecule has 0 bridgehead atoms. The van der Waals surface area contributed by atoms with E-state index in [9.17, 15) is 13.2 Å². The summed E-state index contributed by atoms with van der Waals surface area (Å²) in [5.41, 5.74) is -0.240. The van der Waals surface area contributed by atoms with Gasteiger partial charge in [0, 0.05) is 11.1 Å². The summed E-state index contributed by atoms with van der Waals surface area (Å²) in [6.07, 6.45) is 0.749. The lowest BCUT2D eigenvalue weighted by atomic mass is 9.82. The van der Waals surface area contributed by atoms with E-state index < -0.39 is 29.0 Å². The van der Waals surface area contributed by atoms with E-state index in [1.54, 1.807) is 7.05 Å². The summed E-state index contributed by atoms with van der Waals surface area (Å²) in [6, 6.07) is 1.88. The van der Waals surface area contributed by atoms with Crippen molar-refractivity contribution in [2.45, 2.75) is 45.7 Å². The molecule has 1 aromatic rings. The van der Waals surface area contributed by atoms with Gasteiger partial charge < -0.3 is 5.32 Å². The van der Waals surface area contributed by atoms with Crippen LogP contribution >= 0.6 is 0 Å². The van der Waals surface area contributed by atoms with Crippen LogP contribution < -0.4 is 5.32 Å². The zero-order valence-corrected chi connectivity index (χ0v) is 13.4. The lowest BCUT2D eigenvalue weighted by Gasteiger charge is -2.46. The van der Waals surface area contributed by atoms with Crippen molar-refractivity contribution in [1.82, 2.24) is 10.2 Å². The molecule has 1 N–H and O–H groups in total. The number of likely N-dealkylation sites (N-methyl/N-ethyl adjacent to an activating group) is 2. The Hall–Kier alpha value is -1.07. The van der Waals surface area contributed by atoms with Gasteiger partial charge >= 0.3 is 0 Å². The van der Waals surface area contributed by atoms with Crippen LogP contribution in [0.25, 0.3) is 0 Å². The highest BCUT2D eigenvalue weighted by Crippen LogP contribution is 2.35. The predicted molar refractivity (Wildman–Crippen MR) is 79.7 cm³/mol. The van der Waals surface area contributed by atoms with Gasteiger partial charge in [-0.05, 0) is 39.5 Å². The molecule has 0 saturated heterocycles. The summed E-state index contributed by atoms with van der Waals surface area (Å²) in [4.78, 5) is 2.20. The first kappa shape index (κ1) is 18.0. The molecule has 0 heterocycles. The number of benzene rings is 1. The van der Waals surface area contributed by atoms with Crippen LogP contribution in [0, 0.1) is 17.5 Å². The summed E-state index contributed by atoms with van der Waals surface area (Å²) >= 11 is 0. The number of hydrogen-bond donors (Lipinski definition) is 1. The van der Waals surface area contributed by atoms with Crippen molar-refractivity contribution in [2.24, 2.45) is 0 Å². The van der Waals surface area contributed by atoms with Crippen LogP contribution in [-0.4, -0.2) is 30.6 Å². The van der Waals surface area contributed by atoms with Crippen molar-refractivity contribution >= 4 is 0 Å². The first-order valence-corrected chi connectivity index (χ1v) is 7.42. The van der Waals surface area contributed by atoms with Gasteiger partial charge in [0.05, 0.1) is 6.04 Å². The van der Waals surface area contributed by atoms with Gasteiger partial charge in [-0.1, -0.05) is 26.8 Å². The molecule has 1 aromatic carbocycles. The minimum atomic E-state index is -1.41. The number of nitrogens with zero attached hydrogens (tertiary/aromatic N) is 1. The van der Waals surface area contributed by atoms with Crippen molar-refractivity contribution < 1.29 is 13.2 Å². The Morgan fingerprint density at radius 2 is 1.67 bits per heavy atom. The molecule has 0 aliphatic carbocycles. The van der Waals surface area contributed by atoms with Crippen LogP contribution in [0.1, 0.15) is 45.7 Å². The minimum absolute atomic E-state index is 0.160. The Morgan fingerprint density at radius 1 is 1.10 bits per heavy atom. The highest BCUT2D eigenvalue weighted by Gasteiger charge is 2.39. The topological polar surface area (TPSA) is 15.3 Å². The third-order valence-electron chi connectivity index (χ3n) is 4.49. The van der Waals surface area contributed by atoms with Crippen molar-refractivity contribution in [3.63, 3.8) is 0 Å². The molecule has 5 heteroatoms. The molecule has 0 radical (unpaired) electrons. The Bertz CT molecular complexity index is 475. The van der Waals surface area contributed by atoms with E-state index in [0.717, 1.165) is 25.6 Å². The number of nitrogens with one attached hydrogen (secondary N) is 1. The minimum Gasteiger partial charge on any atom is -0.311 e. The molecule has 21 heavy (non-hydrogen) atoms. The Kier molecular flexibility index (Phi) is 6.23. The smallest absolute Gasteiger partial charge is 0.194 e. The lowest BCUT2D eigenvalue weighted by molar-refractivity contribution is 0.0711. The fourth-order valence-electron chi connectivity index (χ4n) is 3.12. The van der Waals surface area contributed by atoms with Gasteiger partial charge in [0.1, 0.15) is 0 Å². The second-order valence-electron chi connectivity index (χ2n) is 5.37. The fraction of sp³-hybridized carbons (Fsp3) is 0.625. The van der Waals surface area contributed by atoms with E-state index in [2.05, 4.69) is 10.2 Å². The highest BCUT2D eigenvalue weighted by molar-refractivity contribution is 5.27. The standard InChI is InChI=1S/C16H25F3N2/c1-6-16(4,21(7-2)8-3)15(20-5)11-9-10-12(17)14(19)13(11)18/h9-10,15,20H,6-8H2,1-5H3. The molecule has 0 fully saturated rings. The molecular formula is C16H25F3N2. The largest absolute Gasteiger partial charge is 0.311 e. The maximum atomic E-state index is 14.2. The van der Waals surface area contributed by atoms with Crippen molar-refractivity contribution in [3.05, 3.63) is 35.1 Å². The first-order valence-electron chi connectivity index (χ1n) is 7.42. The van der Waals surface area contributed by atoms with Crippen molar-refractivity contribution in [3.8, 4) is 0 Å². The number of rotatable bonds is 7.